The van der Waals surface area contributed by atoms with Gasteiger partial charge in [0.25, 0.3) is 5.91 Å². The Kier molecular flexibility index (Phi) is 5.84. The van der Waals surface area contributed by atoms with Crippen molar-refractivity contribution < 1.29 is 24.2 Å². The molecular formula is C17H23NO5. The lowest BCUT2D eigenvalue weighted by Gasteiger charge is -2.16. The first-order valence-corrected chi connectivity index (χ1v) is 7.83. The van der Waals surface area contributed by atoms with Crippen LogP contribution in [-0.2, 0) is 4.79 Å². The number of methoxy groups -OCH3 is 1. The summed E-state index contributed by atoms with van der Waals surface area (Å²) >= 11 is 0. The zero-order valence-electron chi connectivity index (χ0n) is 13.5. The van der Waals surface area contributed by atoms with Gasteiger partial charge in [-0.15, -0.1) is 0 Å². The van der Waals surface area contributed by atoms with Gasteiger partial charge in [-0.1, -0.05) is 0 Å². The fourth-order valence-corrected chi connectivity index (χ4v) is 2.14. The van der Waals surface area contributed by atoms with E-state index >= 15 is 0 Å². The van der Waals surface area contributed by atoms with Crippen LogP contribution in [0.5, 0.6) is 11.5 Å². The van der Waals surface area contributed by atoms with E-state index in [0.717, 1.165) is 12.8 Å². The second kappa shape index (κ2) is 7.85. The third kappa shape index (κ3) is 5.47. The van der Waals surface area contributed by atoms with Crippen LogP contribution in [0, 0.1) is 5.92 Å². The van der Waals surface area contributed by atoms with Gasteiger partial charge in [0.15, 0.2) is 0 Å². The van der Waals surface area contributed by atoms with E-state index in [2.05, 4.69) is 5.32 Å². The molecule has 1 atom stereocenters. The zero-order valence-corrected chi connectivity index (χ0v) is 13.5. The Morgan fingerprint density at radius 2 is 2.13 bits per heavy atom. The van der Waals surface area contributed by atoms with E-state index < -0.39 is 5.97 Å². The predicted molar refractivity (Wildman–Crippen MR) is 85.0 cm³/mol. The summed E-state index contributed by atoms with van der Waals surface area (Å²) in [7, 11) is 1.56. The van der Waals surface area contributed by atoms with E-state index in [4.69, 9.17) is 14.6 Å². The maximum absolute atomic E-state index is 12.4. The van der Waals surface area contributed by atoms with Gasteiger partial charge in [-0.05, 0) is 44.2 Å². The molecule has 2 rings (SSSR count). The average molecular weight is 321 g/mol. The van der Waals surface area contributed by atoms with Crippen LogP contribution in [0.4, 0.5) is 0 Å². The van der Waals surface area contributed by atoms with Crippen LogP contribution in [0.2, 0.25) is 0 Å². The largest absolute Gasteiger partial charge is 0.497 e. The third-order valence-corrected chi connectivity index (χ3v) is 3.77. The van der Waals surface area contributed by atoms with Gasteiger partial charge in [0.1, 0.15) is 11.5 Å². The van der Waals surface area contributed by atoms with Gasteiger partial charge >= 0.3 is 5.97 Å². The minimum atomic E-state index is -0.871. The van der Waals surface area contributed by atoms with Crippen molar-refractivity contribution in [1.29, 1.82) is 0 Å². The molecule has 1 unspecified atom stereocenters. The lowest BCUT2D eigenvalue weighted by molar-refractivity contribution is -0.137. The molecule has 2 N–H and O–H groups in total. The minimum Gasteiger partial charge on any atom is -0.497 e. The monoisotopic (exact) mass is 321 g/mol. The predicted octanol–water partition coefficient (Wildman–Crippen LogP) is 2.47. The molecule has 0 aromatic heterocycles. The normalized spacial score (nSPS) is 14.9. The smallest absolute Gasteiger partial charge is 0.303 e. The number of carboxylic acid groups (broad SMARTS) is 1. The lowest BCUT2D eigenvalue weighted by atomic mass is 10.1. The van der Waals surface area contributed by atoms with E-state index in [1.807, 2.05) is 0 Å². The van der Waals surface area contributed by atoms with Gasteiger partial charge < -0.3 is 19.9 Å². The van der Waals surface area contributed by atoms with Crippen molar-refractivity contribution in [2.45, 2.75) is 38.6 Å². The quantitative estimate of drug-likeness (QED) is 0.730. The first-order valence-electron chi connectivity index (χ1n) is 7.83. The van der Waals surface area contributed by atoms with Crippen LogP contribution in [-0.4, -0.2) is 36.7 Å². The summed E-state index contributed by atoms with van der Waals surface area (Å²) in [6.07, 6.45) is 2.74. The summed E-state index contributed by atoms with van der Waals surface area (Å²) in [4.78, 5) is 23.0. The van der Waals surface area contributed by atoms with Crippen LogP contribution in [0.1, 0.15) is 43.0 Å². The van der Waals surface area contributed by atoms with E-state index in [-0.39, 0.29) is 18.4 Å². The van der Waals surface area contributed by atoms with Crippen LogP contribution in [0.15, 0.2) is 18.2 Å². The summed E-state index contributed by atoms with van der Waals surface area (Å²) in [5.41, 5.74) is 0.439. The van der Waals surface area contributed by atoms with E-state index in [1.165, 1.54) is 0 Å². The molecule has 0 spiro atoms. The standard InChI is InChI=1S/C17H23NO5/c1-11(3-8-16(19)20)18-17(21)14-7-6-13(22-2)9-15(14)23-10-12-4-5-12/h6-7,9,11-12H,3-5,8,10H2,1-2H3,(H,18,21)(H,19,20). The molecule has 0 bridgehead atoms. The van der Waals surface area contributed by atoms with E-state index in [9.17, 15) is 9.59 Å². The molecular weight excluding hydrogens is 298 g/mol. The number of carbonyl (C=O) groups is 2. The molecule has 1 aliphatic carbocycles. The maximum atomic E-state index is 12.4. The van der Waals surface area contributed by atoms with E-state index in [0.29, 0.717) is 36.0 Å². The molecule has 0 saturated heterocycles. The molecule has 6 nitrogen and oxygen atoms in total. The zero-order chi connectivity index (χ0) is 16.8. The fraction of sp³-hybridized carbons (Fsp3) is 0.529. The van der Waals surface area contributed by atoms with Crippen LogP contribution >= 0.6 is 0 Å². The van der Waals surface area contributed by atoms with Crippen molar-refractivity contribution >= 4 is 11.9 Å². The van der Waals surface area contributed by atoms with Crippen molar-refractivity contribution in [3.63, 3.8) is 0 Å². The number of carboxylic acids is 1. The number of amides is 1. The van der Waals surface area contributed by atoms with Gasteiger partial charge in [0, 0.05) is 18.5 Å². The van der Waals surface area contributed by atoms with Crippen LogP contribution < -0.4 is 14.8 Å². The number of carbonyl (C=O) groups excluding carboxylic acids is 1. The summed E-state index contributed by atoms with van der Waals surface area (Å²) in [5, 5.41) is 11.5. The summed E-state index contributed by atoms with van der Waals surface area (Å²) in [6, 6.07) is 4.86. The first kappa shape index (κ1) is 17.1. The molecule has 1 aromatic rings. The maximum Gasteiger partial charge on any atom is 0.303 e. The number of hydrogen-bond acceptors (Lipinski definition) is 4. The average Bonchev–Trinajstić information content (AvgIpc) is 3.34. The Hall–Kier alpha value is -2.24. The first-order chi connectivity index (χ1) is 11.0. The summed E-state index contributed by atoms with van der Waals surface area (Å²) in [5.74, 6) is 0.567. The molecule has 1 saturated carbocycles. The Morgan fingerprint density at radius 3 is 2.74 bits per heavy atom. The fourth-order valence-electron chi connectivity index (χ4n) is 2.14. The third-order valence-electron chi connectivity index (χ3n) is 3.77. The number of benzene rings is 1. The van der Waals surface area contributed by atoms with Gasteiger partial charge in [0.05, 0.1) is 19.3 Å². The number of hydrogen-bond donors (Lipinski definition) is 2. The van der Waals surface area contributed by atoms with Gasteiger partial charge in [-0.25, -0.2) is 0 Å². The molecule has 1 aliphatic rings. The van der Waals surface area contributed by atoms with Crippen LogP contribution in [0.25, 0.3) is 0 Å². The second-order valence-corrected chi connectivity index (χ2v) is 5.92. The van der Waals surface area contributed by atoms with E-state index in [1.54, 1.807) is 32.2 Å². The SMILES string of the molecule is COc1ccc(C(=O)NC(C)CCC(=O)O)c(OCC2CC2)c1. The van der Waals surface area contributed by atoms with Crippen molar-refractivity contribution in [2.24, 2.45) is 5.92 Å². The van der Waals surface area contributed by atoms with Crippen molar-refractivity contribution in [1.82, 2.24) is 5.32 Å². The number of aliphatic carboxylic acids is 1. The highest BCUT2D eigenvalue weighted by atomic mass is 16.5. The second-order valence-electron chi connectivity index (χ2n) is 5.92. The Labute approximate surface area is 135 Å². The summed E-state index contributed by atoms with van der Waals surface area (Å²) in [6.45, 7) is 2.39. The Balaban J connectivity index is 2.02. The van der Waals surface area contributed by atoms with Crippen LogP contribution in [0.3, 0.4) is 0 Å². The molecule has 126 valence electrons. The molecule has 1 amide bonds. The van der Waals surface area contributed by atoms with Crippen molar-refractivity contribution in [2.75, 3.05) is 13.7 Å². The van der Waals surface area contributed by atoms with Gasteiger partial charge in [-0.2, -0.15) is 0 Å². The molecule has 1 aromatic carbocycles. The highest BCUT2D eigenvalue weighted by molar-refractivity contribution is 5.97. The number of rotatable bonds is 9. The van der Waals surface area contributed by atoms with Gasteiger partial charge in [-0.3, -0.25) is 9.59 Å². The Bertz CT molecular complexity index is 568. The Morgan fingerprint density at radius 1 is 1.39 bits per heavy atom. The number of ether oxygens (including phenoxy) is 2. The minimum absolute atomic E-state index is 0.0229. The molecule has 0 radical (unpaired) electrons. The highest BCUT2D eigenvalue weighted by Gasteiger charge is 2.23. The molecule has 23 heavy (non-hydrogen) atoms. The lowest BCUT2D eigenvalue weighted by Crippen LogP contribution is -2.33. The molecule has 6 heteroatoms. The summed E-state index contributed by atoms with van der Waals surface area (Å²) < 4.78 is 11.0. The topological polar surface area (TPSA) is 84.9 Å². The highest BCUT2D eigenvalue weighted by Crippen LogP contribution is 2.31. The number of nitrogens with one attached hydrogen (secondary N) is 1. The van der Waals surface area contributed by atoms with Gasteiger partial charge in [0.2, 0.25) is 0 Å². The van der Waals surface area contributed by atoms with Crippen molar-refractivity contribution in [3.8, 4) is 11.5 Å². The van der Waals surface area contributed by atoms with Crippen molar-refractivity contribution in [3.05, 3.63) is 23.8 Å². The molecule has 1 fully saturated rings. The molecule has 0 aliphatic heterocycles. The molecule has 0 heterocycles.